The number of carbonyl (C=O) groups is 1. The van der Waals surface area contributed by atoms with E-state index in [-0.39, 0.29) is 21.9 Å². The molecule has 0 saturated heterocycles. The minimum Gasteiger partial charge on any atom is -0.543 e. The highest BCUT2D eigenvalue weighted by Crippen LogP contribution is 2.45. The fourth-order valence-electron chi connectivity index (χ4n) is 5.49. The van der Waals surface area contributed by atoms with Gasteiger partial charge >= 0.3 is 0 Å². The number of benzene rings is 3. The zero-order valence-electron chi connectivity index (χ0n) is 29.2. The summed E-state index contributed by atoms with van der Waals surface area (Å²) in [6, 6.07) is 23.5. The lowest BCUT2D eigenvalue weighted by atomic mass is 9.81. The third-order valence-electron chi connectivity index (χ3n) is 10.5. The van der Waals surface area contributed by atoms with Crippen LogP contribution in [0.4, 0.5) is 0 Å². The maximum absolute atomic E-state index is 13.3. The molecule has 0 amide bonds. The minimum absolute atomic E-state index is 0.0152. The van der Waals surface area contributed by atoms with Crippen molar-refractivity contribution in [2.45, 2.75) is 122 Å². The van der Waals surface area contributed by atoms with Gasteiger partial charge in [-0.05, 0) is 85.1 Å². The lowest BCUT2D eigenvalue weighted by Crippen LogP contribution is -2.44. The van der Waals surface area contributed by atoms with Gasteiger partial charge in [0.05, 0.1) is 0 Å². The van der Waals surface area contributed by atoms with Crippen LogP contribution in [0.1, 0.15) is 100 Å². The molecular formula is C38H55NO4Si2. The maximum Gasteiger partial charge on any atom is 0.250 e. The zero-order valence-corrected chi connectivity index (χ0v) is 31.2. The first-order valence-corrected chi connectivity index (χ1v) is 22.4. The van der Waals surface area contributed by atoms with Crippen molar-refractivity contribution in [3.8, 4) is 11.5 Å². The molecule has 1 aliphatic rings. The van der Waals surface area contributed by atoms with Crippen molar-refractivity contribution >= 4 is 22.4 Å². The third-order valence-corrected chi connectivity index (χ3v) is 19.2. The van der Waals surface area contributed by atoms with Crippen LogP contribution in [0, 0.1) is 0 Å². The number of carbonyl (C=O) groups excluding carboxylic acids is 1. The number of ketones is 1. The van der Waals surface area contributed by atoms with E-state index in [4.69, 9.17) is 8.85 Å². The molecule has 3 aromatic rings. The largest absolute Gasteiger partial charge is 0.543 e. The van der Waals surface area contributed by atoms with Gasteiger partial charge in [0.1, 0.15) is 11.5 Å². The summed E-state index contributed by atoms with van der Waals surface area (Å²) in [7, 11) is -4.10. The standard InChI is InChI=1S/C38H55NO4Si2/c1-37(2,3)44(7,8)42-32-24-25-33(35(26-32)43-45(9,10)38(4,5)6)28-20-22-31(23-21-28)39(41)27-30-18-14-15-19-34(30)36(40)29-16-12-11-13-17-29/h11-19,24-26,28,31,41H,20-23,27H2,1-10H3. The van der Waals surface area contributed by atoms with Crippen LogP contribution in [0.3, 0.4) is 0 Å². The third kappa shape index (κ3) is 8.36. The van der Waals surface area contributed by atoms with E-state index in [1.54, 1.807) is 0 Å². The van der Waals surface area contributed by atoms with E-state index in [1.165, 1.54) is 10.6 Å². The van der Waals surface area contributed by atoms with E-state index in [1.807, 2.05) is 54.6 Å². The quantitative estimate of drug-likeness (QED) is 0.135. The van der Waals surface area contributed by atoms with Gasteiger partial charge in [-0.2, -0.15) is 5.06 Å². The van der Waals surface area contributed by atoms with Crippen LogP contribution in [0.5, 0.6) is 11.5 Å². The highest BCUT2D eigenvalue weighted by molar-refractivity contribution is 6.75. The molecule has 1 saturated carbocycles. The Morgan fingerprint density at radius 2 is 1.33 bits per heavy atom. The van der Waals surface area contributed by atoms with Crippen molar-refractivity contribution in [1.29, 1.82) is 0 Å². The van der Waals surface area contributed by atoms with Crippen LogP contribution in [0.25, 0.3) is 0 Å². The predicted octanol–water partition coefficient (Wildman–Crippen LogP) is 10.6. The first kappa shape index (κ1) is 35.1. The Labute approximate surface area is 274 Å². The molecule has 45 heavy (non-hydrogen) atoms. The molecule has 0 unspecified atom stereocenters. The summed E-state index contributed by atoms with van der Waals surface area (Å²) >= 11 is 0. The minimum atomic E-state index is -2.09. The molecular weight excluding hydrogens is 591 g/mol. The number of hydrogen-bond donors (Lipinski definition) is 1. The van der Waals surface area contributed by atoms with E-state index >= 15 is 0 Å². The van der Waals surface area contributed by atoms with Crippen molar-refractivity contribution < 1.29 is 18.9 Å². The molecule has 5 nitrogen and oxygen atoms in total. The van der Waals surface area contributed by atoms with Crippen LogP contribution < -0.4 is 8.85 Å². The summed E-state index contributed by atoms with van der Waals surface area (Å²) in [6.07, 6.45) is 3.67. The van der Waals surface area contributed by atoms with Gasteiger partial charge in [-0.1, -0.05) is 102 Å². The lowest BCUT2D eigenvalue weighted by molar-refractivity contribution is -0.144. The Hall–Kier alpha value is -2.72. The summed E-state index contributed by atoms with van der Waals surface area (Å²) in [4.78, 5) is 13.3. The summed E-state index contributed by atoms with van der Waals surface area (Å²) in [5.41, 5.74) is 3.40. The molecule has 244 valence electrons. The van der Waals surface area contributed by atoms with Crippen LogP contribution in [0.2, 0.25) is 36.3 Å². The van der Waals surface area contributed by atoms with Gasteiger partial charge in [0, 0.05) is 29.8 Å². The van der Waals surface area contributed by atoms with Crippen molar-refractivity contribution in [3.63, 3.8) is 0 Å². The number of rotatable bonds is 10. The molecule has 0 bridgehead atoms. The first-order valence-electron chi connectivity index (χ1n) is 16.5. The van der Waals surface area contributed by atoms with Crippen LogP contribution >= 0.6 is 0 Å². The van der Waals surface area contributed by atoms with E-state index < -0.39 is 16.6 Å². The fourth-order valence-corrected chi connectivity index (χ4v) is 7.55. The lowest BCUT2D eigenvalue weighted by Gasteiger charge is -2.39. The molecule has 0 atom stereocenters. The highest BCUT2D eigenvalue weighted by Gasteiger charge is 2.41. The number of hydroxylamine groups is 2. The van der Waals surface area contributed by atoms with Crippen molar-refractivity contribution in [2.24, 2.45) is 0 Å². The molecule has 0 heterocycles. The predicted molar refractivity (Wildman–Crippen MR) is 191 cm³/mol. The molecule has 0 aliphatic heterocycles. The molecule has 1 N–H and O–H groups in total. The molecule has 0 radical (unpaired) electrons. The molecule has 0 spiro atoms. The summed E-state index contributed by atoms with van der Waals surface area (Å²) in [5, 5.41) is 12.9. The Bertz CT molecular complexity index is 1450. The van der Waals surface area contributed by atoms with Crippen molar-refractivity contribution in [3.05, 3.63) is 95.1 Å². The van der Waals surface area contributed by atoms with Crippen LogP contribution in [-0.2, 0) is 6.54 Å². The zero-order chi connectivity index (χ0) is 33.2. The van der Waals surface area contributed by atoms with Gasteiger partial charge in [0.15, 0.2) is 5.78 Å². The molecule has 0 aromatic heterocycles. The van der Waals surface area contributed by atoms with Gasteiger partial charge in [-0.25, -0.2) is 0 Å². The van der Waals surface area contributed by atoms with Crippen molar-refractivity contribution in [2.75, 3.05) is 0 Å². The van der Waals surface area contributed by atoms with Gasteiger partial charge in [-0.15, -0.1) is 0 Å². The second kappa shape index (κ2) is 13.6. The Morgan fingerprint density at radius 1 is 0.778 bits per heavy atom. The Balaban J connectivity index is 1.51. The SMILES string of the molecule is CC(C)(C)[Si](C)(C)Oc1ccc(C2CCC(N(O)Cc3ccccc3C(=O)c3ccccc3)CC2)c(O[Si](C)(C)C(C)(C)C)c1. The van der Waals surface area contributed by atoms with Crippen molar-refractivity contribution in [1.82, 2.24) is 5.06 Å². The summed E-state index contributed by atoms with van der Waals surface area (Å²) in [5.74, 6) is 2.20. The number of hydrogen-bond acceptors (Lipinski definition) is 5. The maximum atomic E-state index is 13.3. The molecule has 3 aromatic carbocycles. The molecule has 1 aliphatic carbocycles. The van der Waals surface area contributed by atoms with Gasteiger partial charge < -0.3 is 14.1 Å². The van der Waals surface area contributed by atoms with Gasteiger partial charge in [0.2, 0.25) is 16.6 Å². The normalized spacial score (nSPS) is 18.1. The Morgan fingerprint density at radius 3 is 1.93 bits per heavy atom. The molecule has 1 fully saturated rings. The summed E-state index contributed by atoms with van der Waals surface area (Å²) < 4.78 is 13.7. The second-order valence-electron chi connectivity index (χ2n) is 15.9. The van der Waals surface area contributed by atoms with Gasteiger partial charge in [-0.3, -0.25) is 4.79 Å². The summed E-state index contributed by atoms with van der Waals surface area (Å²) in [6.45, 7) is 23.1. The molecule has 7 heteroatoms. The fraction of sp³-hybridized carbons (Fsp3) is 0.500. The molecule has 4 rings (SSSR count). The highest BCUT2D eigenvalue weighted by atomic mass is 28.4. The number of nitrogens with zero attached hydrogens (tertiary/aromatic N) is 1. The first-order chi connectivity index (χ1) is 20.9. The topological polar surface area (TPSA) is 59.0 Å². The van der Waals surface area contributed by atoms with E-state index in [0.717, 1.165) is 42.7 Å². The van der Waals surface area contributed by atoms with Crippen LogP contribution in [-0.4, -0.2) is 38.7 Å². The second-order valence-corrected chi connectivity index (χ2v) is 25.3. The van der Waals surface area contributed by atoms with E-state index in [2.05, 4.69) is 85.9 Å². The average Bonchev–Trinajstić information content (AvgIpc) is 2.96. The van der Waals surface area contributed by atoms with E-state index in [0.29, 0.717) is 23.6 Å². The van der Waals surface area contributed by atoms with Crippen LogP contribution in [0.15, 0.2) is 72.8 Å². The van der Waals surface area contributed by atoms with E-state index in [9.17, 15) is 10.0 Å². The average molecular weight is 646 g/mol. The van der Waals surface area contributed by atoms with Gasteiger partial charge in [0.25, 0.3) is 0 Å². The Kier molecular flexibility index (Phi) is 10.6. The monoisotopic (exact) mass is 645 g/mol. The smallest absolute Gasteiger partial charge is 0.250 e.